The lowest BCUT2D eigenvalue weighted by Gasteiger charge is -2.16. The highest BCUT2D eigenvalue weighted by molar-refractivity contribution is 6.03. The molecule has 2 rings (SSSR count). The van der Waals surface area contributed by atoms with E-state index in [0.717, 1.165) is 4.90 Å². The fraction of sp³-hybridized carbons (Fsp3) is 0.333. The molecule has 100 valence electrons. The summed E-state index contributed by atoms with van der Waals surface area (Å²) in [7, 11) is 0. The van der Waals surface area contributed by atoms with Crippen molar-refractivity contribution in [3.63, 3.8) is 0 Å². The van der Waals surface area contributed by atoms with Gasteiger partial charge in [-0.1, -0.05) is 13.8 Å². The highest BCUT2D eigenvalue weighted by Crippen LogP contribution is 2.20. The average molecular weight is 255 g/mol. The zero-order valence-electron chi connectivity index (χ0n) is 10.4. The Morgan fingerprint density at radius 1 is 1.28 bits per heavy atom. The smallest absolute Gasteiger partial charge is 0.332 e. The Kier molecular flexibility index (Phi) is 4.65. The fourth-order valence-electron chi connectivity index (χ4n) is 1.60. The molecular weight excluding hydrogens is 237 g/mol. The van der Waals surface area contributed by atoms with Gasteiger partial charge in [-0.2, -0.15) is 0 Å². The Bertz CT molecular complexity index is 439. The number of urea groups is 2. The molecule has 0 bridgehead atoms. The lowest BCUT2D eigenvalue weighted by molar-refractivity contribution is 0.206. The van der Waals surface area contributed by atoms with Gasteiger partial charge in [-0.25, -0.2) is 18.9 Å². The quantitative estimate of drug-likeness (QED) is 0.837. The first-order valence-corrected chi connectivity index (χ1v) is 5.73. The third kappa shape index (κ3) is 2.77. The van der Waals surface area contributed by atoms with Gasteiger partial charge < -0.3 is 5.73 Å². The molecule has 0 aliphatic carbocycles. The molecule has 5 nitrogen and oxygen atoms in total. The maximum Gasteiger partial charge on any atom is 0.332 e. The molecule has 1 heterocycles. The van der Waals surface area contributed by atoms with Crippen LogP contribution < -0.4 is 10.6 Å². The molecule has 1 fully saturated rings. The number of carbonyl (C=O) groups excluding carboxylic acids is 2. The number of hydrogen-bond donors (Lipinski definition) is 1. The summed E-state index contributed by atoms with van der Waals surface area (Å²) in [6, 6.07) is 4.24. The minimum atomic E-state index is -0.769. The highest BCUT2D eigenvalue weighted by Gasteiger charge is 2.32. The summed E-state index contributed by atoms with van der Waals surface area (Å²) >= 11 is 0. The number of benzene rings is 1. The van der Waals surface area contributed by atoms with Crippen molar-refractivity contribution in [2.75, 3.05) is 18.0 Å². The second kappa shape index (κ2) is 6.00. The molecule has 0 aromatic heterocycles. The van der Waals surface area contributed by atoms with Crippen molar-refractivity contribution in [3.05, 3.63) is 30.1 Å². The van der Waals surface area contributed by atoms with Crippen LogP contribution in [0.25, 0.3) is 0 Å². The Morgan fingerprint density at radius 2 is 1.83 bits per heavy atom. The molecule has 0 atom stereocenters. The number of imide groups is 1. The van der Waals surface area contributed by atoms with Crippen LogP contribution in [-0.4, -0.2) is 30.1 Å². The van der Waals surface area contributed by atoms with E-state index < -0.39 is 12.1 Å². The zero-order chi connectivity index (χ0) is 13.7. The first-order valence-electron chi connectivity index (χ1n) is 5.73. The van der Waals surface area contributed by atoms with Gasteiger partial charge in [0.25, 0.3) is 0 Å². The molecule has 18 heavy (non-hydrogen) atoms. The fourth-order valence-corrected chi connectivity index (χ4v) is 1.60. The summed E-state index contributed by atoms with van der Waals surface area (Å²) < 4.78 is 12.7. The summed E-state index contributed by atoms with van der Waals surface area (Å²) in [5.74, 6) is -0.373. The van der Waals surface area contributed by atoms with Crippen molar-refractivity contribution in [1.82, 2.24) is 4.90 Å². The molecule has 1 saturated heterocycles. The summed E-state index contributed by atoms with van der Waals surface area (Å²) in [6.07, 6.45) is 0. The number of amides is 4. The standard InChI is InChI=1S/C10H10FN3O2.C2H6.H2/c11-7-1-3-8(4-2-7)13-5-6-14(9(12)15)10(13)16;1-2;/h1-4H,5-6H2,(H2,12,15);1-2H3;1H. The maximum absolute atomic E-state index is 12.7. The predicted octanol–water partition coefficient (Wildman–Crippen LogP) is 2.42. The van der Waals surface area contributed by atoms with Crippen molar-refractivity contribution in [2.45, 2.75) is 13.8 Å². The lowest BCUT2D eigenvalue weighted by atomic mass is 10.3. The number of carbonyl (C=O) groups is 2. The molecule has 1 aromatic carbocycles. The summed E-state index contributed by atoms with van der Waals surface area (Å²) in [4.78, 5) is 24.9. The van der Waals surface area contributed by atoms with E-state index in [1.165, 1.54) is 29.2 Å². The predicted molar refractivity (Wildman–Crippen MR) is 68.9 cm³/mol. The van der Waals surface area contributed by atoms with E-state index >= 15 is 0 Å². The molecule has 4 amide bonds. The van der Waals surface area contributed by atoms with Crippen LogP contribution >= 0.6 is 0 Å². The van der Waals surface area contributed by atoms with Crippen LogP contribution in [0.1, 0.15) is 15.3 Å². The molecule has 0 unspecified atom stereocenters. The summed E-state index contributed by atoms with van der Waals surface area (Å²) in [5.41, 5.74) is 5.58. The van der Waals surface area contributed by atoms with E-state index in [1.807, 2.05) is 13.8 Å². The van der Waals surface area contributed by atoms with E-state index in [2.05, 4.69) is 0 Å². The summed E-state index contributed by atoms with van der Waals surface area (Å²) in [6.45, 7) is 4.62. The van der Waals surface area contributed by atoms with Crippen molar-refractivity contribution in [2.24, 2.45) is 5.73 Å². The molecule has 2 N–H and O–H groups in total. The van der Waals surface area contributed by atoms with Crippen LogP contribution in [0.3, 0.4) is 0 Å². The molecule has 1 aliphatic heterocycles. The highest BCUT2D eigenvalue weighted by atomic mass is 19.1. The Balaban J connectivity index is 0.00000103. The van der Waals surface area contributed by atoms with Crippen molar-refractivity contribution in [1.29, 1.82) is 0 Å². The number of halogens is 1. The average Bonchev–Trinajstić information content (AvgIpc) is 2.75. The first-order chi connectivity index (χ1) is 8.59. The van der Waals surface area contributed by atoms with E-state index in [9.17, 15) is 14.0 Å². The number of primary amides is 1. The van der Waals surface area contributed by atoms with Crippen LogP contribution in [0.15, 0.2) is 24.3 Å². The molecule has 0 spiro atoms. The van der Waals surface area contributed by atoms with Crippen LogP contribution in [0, 0.1) is 5.82 Å². The minimum absolute atomic E-state index is 0. The Labute approximate surface area is 106 Å². The second-order valence-electron chi connectivity index (χ2n) is 3.40. The molecule has 0 saturated carbocycles. The zero-order valence-corrected chi connectivity index (χ0v) is 10.4. The molecule has 1 aliphatic rings. The van der Waals surface area contributed by atoms with E-state index in [1.54, 1.807) is 0 Å². The number of nitrogens with zero attached hydrogens (tertiary/aromatic N) is 2. The number of anilines is 1. The van der Waals surface area contributed by atoms with Gasteiger partial charge in [0.15, 0.2) is 0 Å². The van der Waals surface area contributed by atoms with Crippen LogP contribution in [0.4, 0.5) is 19.7 Å². The molecule has 6 heteroatoms. The molecule has 0 radical (unpaired) electrons. The van der Waals surface area contributed by atoms with Gasteiger partial charge in [0.1, 0.15) is 5.82 Å². The van der Waals surface area contributed by atoms with E-state index in [0.29, 0.717) is 12.2 Å². The third-order valence-corrected chi connectivity index (χ3v) is 2.41. The SMILES string of the molecule is CC.NC(=O)N1CCN(c2ccc(F)cc2)C1=O.[HH]. The van der Waals surface area contributed by atoms with Gasteiger partial charge in [-0.05, 0) is 24.3 Å². The van der Waals surface area contributed by atoms with Gasteiger partial charge in [-0.3, -0.25) is 4.90 Å². The van der Waals surface area contributed by atoms with Crippen LogP contribution in [0.2, 0.25) is 0 Å². The van der Waals surface area contributed by atoms with Gasteiger partial charge in [-0.15, -0.1) is 0 Å². The normalized spacial score (nSPS) is 14.3. The van der Waals surface area contributed by atoms with E-state index in [4.69, 9.17) is 5.73 Å². The van der Waals surface area contributed by atoms with Gasteiger partial charge in [0.2, 0.25) is 0 Å². The number of nitrogens with two attached hydrogens (primary N) is 1. The first kappa shape index (κ1) is 14.0. The Morgan fingerprint density at radius 3 is 2.28 bits per heavy atom. The van der Waals surface area contributed by atoms with Crippen LogP contribution in [0.5, 0.6) is 0 Å². The van der Waals surface area contributed by atoms with Crippen LogP contribution in [-0.2, 0) is 0 Å². The second-order valence-corrected chi connectivity index (χ2v) is 3.40. The van der Waals surface area contributed by atoms with Crippen molar-refractivity contribution < 1.29 is 15.4 Å². The Hall–Kier alpha value is -2.11. The van der Waals surface area contributed by atoms with Crippen molar-refractivity contribution in [3.8, 4) is 0 Å². The number of hydrogen-bond acceptors (Lipinski definition) is 2. The monoisotopic (exact) mass is 255 g/mol. The largest absolute Gasteiger partial charge is 0.351 e. The molecule has 1 aromatic rings. The van der Waals surface area contributed by atoms with Gasteiger partial charge in [0.05, 0.1) is 6.54 Å². The molecular formula is C12H18FN3O2. The van der Waals surface area contributed by atoms with Crippen molar-refractivity contribution >= 4 is 17.7 Å². The minimum Gasteiger partial charge on any atom is -0.351 e. The lowest BCUT2D eigenvalue weighted by Crippen LogP contribution is -2.39. The maximum atomic E-state index is 12.7. The number of rotatable bonds is 1. The van der Waals surface area contributed by atoms with E-state index in [-0.39, 0.29) is 13.8 Å². The topological polar surface area (TPSA) is 66.6 Å². The van der Waals surface area contributed by atoms with Gasteiger partial charge >= 0.3 is 12.1 Å². The third-order valence-electron chi connectivity index (χ3n) is 2.41. The summed E-state index contributed by atoms with van der Waals surface area (Å²) in [5, 5.41) is 0. The van der Waals surface area contributed by atoms with Gasteiger partial charge in [0, 0.05) is 13.7 Å².